The van der Waals surface area contributed by atoms with Crippen LogP contribution in [0.5, 0.6) is 0 Å². The summed E-state index contributed by atoms with van der Waals surface area (Å²) in [6.45, 7) is 4.37. The maximum atomic E-state index is 3.36. The normalized spacial score (nSPS) is 18.9. The smallest absolute Gasteiger partial charge is 0.273 e. The maximum absolute atomic E-state index is 3.36. The van der Waals surface area contributed by atoms with Gasteiger partial charge >= 0.3 is 26.2 Å². The Bertz CT molecular complexity index is 442. The summed E-state index contributed by atoms with van der Waals surface area (Å²) in [4.78, 5) is 0. The zero-order valence-electron chi connectivity index (χ0n) is 10.3. The predicted molar refractivity (Wildman–Crippen MR) is 68.0 cm³/mol. The van der Waals surface area contributed by atoms with Gasteiger partial charge in [0.25, 0.3) is 0 Å². The molecule has 1 unspecified atom stereocenters. The fraction of sp³-hybridized carbons (Fsp3) is 0.250. The molecule has 0 bridgehead atoms. The first-order valence-corrected chi connectivity index (χ1v) is 5.70. The van der Waals surface area contributed by atoms with Crippen molar-refractivity contribution in [2.45, 2.75) is 26.2 Å². The Morgan fingerprint density at radius 1 is 1.24 bits per heavy atom. The van der Waals surface area contributed by atoms with E-state index in [9.17, 15) is 0 Å². The molecule has 0 aromatic heterocycles. The van der Waals surface area contributed by atoms with Gasteiger partial charge in [0.2, 0.25) is 0 Å². The molecule has 84 valence electrons. The predicted octanol–water partition coefficient (Wildman–Crippen LogP) is 4.20. The van der Waals surface area contributed by atoms with Crippen LogP contribution < -0.4 is 0 Å². The zero-order valence-corrected chi connectivity index (χ0v) is 12.8. The number of benzene rings is 1. The van der Waals surface area contributed by atoms with Gasteiger partial charge in [-0.1, -0.05) is 25.8 Å². The van der Waals surface area contributed by atoms with Crippen LogP contribution in [-0.4, -0.2) is 0 Å². The second-order valence-corrected chi connectivity index (χ2v) is 4.12. The van der Waals surface area contributed by atoms with Crippen molar-refractivity contribution in [1.29, 1.82) is 0 Å². The van der Waals surface area contributed by atoms with Crippen LogP contribution in [-0.2, 0) is 26.2 Å². The van der Waals surface area contributed by atoms with Crippen molar-refractivity contribution in [2.24, 2.45) is 0 Å². The molecule has 0 aliphatic heterocycles. The molecule has 0 saturated carbocycles. The van der Waals surface area contributed by atoms with Crippen molar-refractivity contribution in [2.75, 3.05) is 0 Å². The van der Waals surface area contributed by atoms with Crippen molar-refractivity contribution < 1.29 is 26.2 Å². The molecule has 17 heavy (non-hydrogen) atoms. The molecular formula is C16H16Zr. The molecule has 0 radical (unpaired) electrons. The summed E-state index contributed by atoms with van der Waals surface area (Å²) in [6.07, 6.45) is 13.4. The van der Waals surface area contributed by atoms with Crippen LogP contribution in [0.1, 0.15) is 37.3 Å². The molecule has 1 aromatic rings. The number of hydrogen-bond acceptors (Lipinski definition) is 0. The van der Waals surface area contributed by atoms with Crippen LogP contribution >= 0.6 is 0 Å². The monoisotopic (exact) mass is 298 g/mol. The van der Waals surface area contributed by atoms with Crippen LogP contribution in [0.2, 0.25) is 0 Å². The fourth-order valence-electron chi connectivity index (χ4n) is 1.88. The number of hydrogen-bond donors (Lipinski definition) is 0. The summed E-state index contributed by atoms with van der Waals surface area (Å²) in [6, 6.07) is 8.47. The molecule has 3 rings (SSSR count). The van der Waals surface area contributed by atoms with E-state index in [1.807, 2.05) is 12.2 Å². The Hall–Kier alpha value is -0.677. The number of fused-ring (bicyclic) bond motifs is 1. The summed E-state index contributed by atoms with van der Waals surface area (Å²) in [5.41, 5.74) is 4.05. The Kier molecular flexibility index (Phi) is 5.85. The van der Waals surface area contributed by atoms with E-state index in [1.54, 1.807) is 0 Å². The molecule has 0 spiro atoms. The molecule has 0 heterocycles. The van der Waals surface area contributed by atoms with Gasteiger partial charge in [0.1, 0.15) is 0 Å². The summed E-state index contributed by atoms with van der Waals surface area (Å²) in [7, 11) is 0. The Morgan fingerprint density at radius 2 is 2.00 bits per heavy atom. The summed E-state index contributed by atoms with van der Waals surface area (Å²) in [5, 5.41) is 0. The van der Waals surface area contributed by atoms with Crippen molar-refractivity contribution in [3.63, 3.8) is 0 Å². The second-order valence-electron chi connectivity index (χ2n) is 4.12. The molecule has 0 amide bonds. The van der Waals surface area contributed by atoms with Gasteiger partial charge in [-0.3, -0.25) is 6.08 Å². The van der Waals surface area contributed by atoms with Crippen molar-refractivity contribution in [3.05, 3.63) is 71.3 Å². The summed E-state index contributed by atoms with van der Waals surface area (Å²) >= 11 is 0. The van der Waals surface area contributed by atoms with Crippen LogP contribution in [0.15, 0.2) is 48.1 Å². The molecule has 0 nitrogen and oxygen atoms in total. The summed E-state index contributed by atoms with van der Waals surface area (Å²) < 4.78 is 0. The fourth-order valence-corrected chi connectivity index (χ4v) is 1.88. The molecule has 1 atom stereocenters. The Morgan fingerprint density at radius 3 is 2.53 bits per heavy atom. The van der Waals surface area contributed by atoms with E-state index in [0.29, 0.717) is 5.92 Å². The first kappa shape index (κ1) is 14.4. The van der Waals surface area contributed by atoms with Crippen molar-refractivity contribution in [1.82, 2.24) is 0 Å². The standard InChI is InChI=1S/C11H11.C5H5.Zr/c1-8-7-10-5-3-4-6-11(10)9(8)2;1-2-4-5-3-1;/h3-6,9H,1-2H3;1-3H,4H2;/q2*-1;+2. The molecular weight excluding hydrogens is 283 g/mol. The van der Waals surface area contributed by atoms with E-state index in [1.165, 1.54) is 16.7 Å². The molecule has 1 aromatic carbocycles. The van der Waals surface area contributed by atoms with Crippen molar-refractivity contribution in [3.8, 4) is 0 Å². The van der Waals surface area contributed by atoms with E-state index < -0.39 is 0 Å². The van der Waals surface area contributed by atoms with E-state index >= 15 is 0 Å². The van der Waals surface area contributed by atoms with Gasteiger partial charge < -0.3 is 0 Å². The Balaban J connectivity index is 0.000000205. The second kappa shape index (κ2) is 6.91. The molecule has 2 aliphatic rings. The SMILES string of the molecule is CC1=[C-]c2ccccc2C1C.[C-]1=CC=CC1.[Zr+2]. The van der Waals surface area contributed by atoms with Gasteiger partial charge in [-0.15, -0.1) is 29.7 Å². The van der Waals surface area contributed by atoms with E-state index in [0.717, 1.165) is 6.42 Å². The van der Waals surface area contributed by atoms with Crippen molar-refractivity contribution >= 4 is 0 Å². The number of allylic oxidation sites excluding steroid dienone is 5. The Labute approximate surface area is 123 Å². The molecule has 0 fully saturated rings. The van der Waals surface area contributed by atoms with E-state index in [4.69, 9.17) is 0 Å². The average Bonchev–Trinajstić information content (AvgIpc) is 2.93. The third-order valence-electron chi connectivity index (χ3n) is 2.99. The minimum absolute atomic E-state index is 0. The largest absolute Gasteiger partial charge is 2.00 e. The minimum atomic E-state index is 0. The van der Waals surface area contributed by atoms with Crippen LogP contribution in [0, 0.1) is 12.2 Å². The minimum Gasteiger partial charge on any atom is -0.273 e. The first-order chi connectivity index (χ1) is 7.79. The molecule has 0 saturated heterocycles. The quantitative estimate of drug-likeness (QED) is 0.630. The van der Waals surface area contributed by atoms with Crippen LogP contribution in [0.3, 0.4) is 0 Å². The van der Waals surface area contributed by atoms with Gasteiger partial charge in [-0.25, -0.2) is 12.2 Å². The molecule has 1 heteroatoms. The third-order valence-corrected chi connectivity index (χ3v) is 2.99. The third kappa shape index (κ3) is 3.64. The van der Waals surface area contributed by atoms with Gasteiger partial charge in [0, 0.05) is 0 Å². The number of rotatable bonds is 0. The van der Waals surface area contributed by atoms with Crippen LogP contribution in [0.4, 0.5) is 0 Å². The zero-order chi connectivity index (χ0) is 11.4. The van der Waals surface area contributed by atoms with Crippen LogP contribution in [0.25, 0.3) is 0 Å². The topological polar surface area (TPSA) is 0 Å². The van der Waals surface area contributed by atoms with Gasteiger partial charge in [-0.05, 0) is 0 Å². The van der Waals surface area contributed by atoms with Gasteiger partial charge in [0.15, 0.2) is 0 Å². The van der Waals surface area contributed by atoms with E-state index in [-0.39, 0.29) is 26.2 Å². The summed E-state index contributed by atoms with van der Waals surface area (Å²) in [5.74, 6) is 0.575. The molecule has 0 N–H and O–H groups in total. The maximum Gasteiger partial charge on any atom is 2.00 e. The average molecular weight is 300 g/mol. The van der Waals surface area contributed by atoms with Gasteiger partial charge in [0.05, 0.1) is 0 Å². The van der Waals surface area contributed by atoms with Gasteiger partial charge in [-0.2, -0.15) is 23.8 Å². The first-order valence-electron chi connectivity index (χ1n) is 5.70. The van der Waals surface area contributed by atoms with E-state index in [2.05, 4.69) is 56.3 Å². The molecule has 2 aliphatic carbocycles.